The maximum Gasteiger partial charge on any atom is 0.148 e. The van der Waals surface area contributed by atoms with E-state index in [0.29, 0.717) is 0 Å². The molecule has 0 amide bonds. The number of rotatable bonds is 3. The largest absolute Gasteiger partial charge is 0.368 e. The lowest BCUT2D eigenvalue weighted by atomic mass is 10.00. The third-order valence-electron chi connectivity index (χ3n) is 2.76. The Labute approximate surface area is 90.5 Å². The average molecular weight is 206 g/mol. The van der Waals surface area contributed by atoms with Gasteiger partial charge in [-0.25, -0.2) is 0 Å². The van der Waals surface area contributed by atoms with E-state index in [1.54, 1.807) is 6.20 Å². The lowest BCUT2D eigenvalue weighted by molar-refractivity contribution is 0.392. The van der Waals surface area contributed by atoms with E-state index in [-0.39, 0.29) is 0 Å². The molecular weight excluding hydrogens is 188 g/mol. The number of piperidine rings is 1. The molecule has 0 aromatic carbocycles. The van der Waals surface area contributed by atoms with Gasteiger partial charge in [-0.15, -0.1) is 5.10 Å². The Bertz CT molecular complexity index is 307. The molecule has 0 bridgehead atoms. The van der Waals surface area contributed by atoms with Crippen molar-refractivity contribution in [1.82, 2.24) is 15.5 Å². The van der Waals surface area contributed by atoms with Gasteiger partial charge in [0.25, 0.3) is 0 Å². The summed E-state index contributed by atoms with van der Waals surface area (Å²) < 4.78 is 0. The minimum Gasteiger partial charge on any atom is -0.368 e. The van der Waals surface area contributed by atoms with Crippen molar-refractivity contribution in [2.75, 3.05) is 25.0 Å². The van der Waals surface area contributed by atoms with Gasteiger partial charge in [0, 0.05) is 6.54 Å². The van der Waals surface area contributed by atoms with E-state index in [1.165, 1.54) is 19.4 Å². The molecule has 1 aliphatic heterocycles. The summed E-state index contributed by atoms with van der Waals surface area (Å²) in [6.07, 6.45) is 4.36. The van der Waals surface area contributed by atoms with Crippen LogP contribution >= 0.6 is 0 Å². The highest BCUT2D eigenvalue weighted by Crippen LogP contribution is 2.11. The first-order chi connectivity index (χ1) is 7.34. The summed E-state index contributed by atoms with van der Waals surface area (Å²) in [5.41, 5.74) is 1.15. The lowest BCUT2D eigenvalue weighted by Gasteiger charge is -2.22. The average Bonchev–Trinajstić information content (AvgIpc) is 2.28. The van der Waals surface area contributed by atoms with Gasteiger partial charge in [-0.2, -0.15) is 5.10 Å². The van der Waals surface area contributed by atoms with Crippen molar-refractivity contribution in [1.29, 1.82) is 0 Å². The quantitative estimate of drug-likeness (QED) is 0.780. The normalized spacial score (nSPS) is 21.3. The zero-order chi connectivity index (χ0) is 10.5. The minimum absolute atomic E-state index is 0.723. The van der Waals surface area contributed by atoms with E-state index in [4.69, 9.17) is 0 Å². The fourth-order valence-corrected chi connectivity index (χ4v) is 1.90. The third kappa shape index (κ3) is 3.16. The maximum absolute atomic E-state index is 4.04. The highest BCUT2D eigenvalue weighted by molar-refractivity contribution is 5.34. The first-order valence-corrected chi connectivity index (χ1v) is 5.58. The highest BCUT2D eigenvalue weighted by Gasteiger charge is 2.12. The van der Waals surface area contributed by atoms with Gasteiger partial charge in [0.2, 0.25) is 0 Å². The number of anilines is 1. The second kappa shape index (κ2) is 5.07. The predicted octanol–water partition coefficient (Wildman–Crippen LogP) is 1.20. The molecular formula is C11H18N4. The van der Waals surface area contributed by atoms with Crippen LogP contribution in [0.25, 0.3) is 0 Å². The standard InChI is InChI=1S/C11H18N4/c1-9-5-11(15-14-6-9)13-8-10-3-2-4-12-7-10/h5-6,10,12H,2-4,7-8H2,1H3,(H,13,15). The summed E-state index contributed by atoms with van der Waals surface area (Å²) in [5.74, 6) is 1.61. The van der Waals surface area contributed by atoms with Crippen LogP contribution in [0.15, 0.2) is 12.3 Å². The van der Waals surface area contributed by atoms with Crippen LogP contribution in [0, 0.1) is 12.8 Å². The van der Waals surface area contributed by atoms with Gasteiger partial charge in [-0.3, -0.25) is 0 Å². The summed E-state index contributed by atoms with van der Waals surface area (Å²) in [5, 5.41) is 14.7. The molecule has 1 aromatic rings. The molecule has 1 aromatic heterocycles. The Morgan fingerprint density at radius 1 is 1.60 bits per heavy atom. The number of aryl methyl sites for hydroxylation is 1. The molecule has 2 rings (SSSR count). The number of nitrogens with zero attached hydrogens (tertiary/aromatic N) is 2. The first-order valence-electron chi connectivity index (χ1n) is 5.58. The molecule has 0 spiro atoms. The van der Waals surface area contributed by atoms with Gasteiger partial charge >= 0.3 is 0 Å². The predicted molar refractivity (Wildman–Crippen MR) is 60.9 cm³/mol. The Hall–Kier alpha value is -1.16. The van der Waals surface area contributed by atoms with Crippen LogP contribution in [0.1, 0.15) is 18.4 Å². The monoisotopic (exact) mass is 206 g/mol. The van der Waals surface area contributed by atoms with Crippen LogP contribution in [-0.2, 0) is 0 Å². The molecule has 15 heavy (non-hydrogen) atoms. The van der Waals surface area contributed by atoms with Gasteiger partial charge in [0.15, 0.2) is 0 Å². The van der Waals surface area contributed by atoms with E-state index in [1.807, 2.05) is 13.0 Å². The smallest absolute Gasteiger partial charge is 0.148 e. The van der Waals surface area contributed by atoms with Crippen molar-refractivity contribution in [2.24, 2.45) is 5.92 Å². The Kier molecular flexibility index (Phi) is 3.50. The minimum atomic E-state index is 0.723. The second-order valence-corrected chi connectivity index (χ2v) is 4.21. The fourth-order valence-electron chi connectivity index (χ4n) is 1.90. The SMILES string of the molecule is Cc1cnnc(NCC2CCCNC2)c1. The molecule has 1 aliphatic rings. The maximum atomic E-state index is 4.04. The summed E-state index contributed by atoms with van der Waals surface area (Å²) in [4.78, 5) is 0. The van der Waals surface area contributed by atoms with Crippen molar-refractivity contribution in [3.8, 4) is 0 Å². The van der Waals surface area contributed by atoms with E-state index < -0.39 is 0 Å². The highest BCUT2D eigenvalue weighted by atomic mass is 15.2. The van der Waals surface area contributed by atoms with Crippen LogP contribution in [0.5, 0.6) is 0 Å². The first kappa shape index (κ1) is 10.4. The number of nitrogens with one attached hydrogen (secondary N) is 2. The van der Waals surface area contributed by atoms with Gasteiger partial charge in [-0.05, 0) is 50.4 Å². The van der Waals surface area contributed by atoms with Crippen molar-refractivity contribution >= 4 is 5.82 Å². The summed E-state index contributed by atoms with van der Waals surface area (Å²) >= 11 is 0. The van der Waals surface area contributed by atoms with Gasteiger partial charge in [0.05, 0.1) is 6.20 Å². The number of hydrogen-bond acceptors (Lipinski definition) is 4. The third-order valence-corrected chi connectivity index (χ3v) is 2.76. The molecule has 82 valence electrons. The zero-order valence-corrected chi connectivity index (χ0v) is 9.16. The van der Waals surface area contributed by atoms with Crippen LogP contribution in [0.4, 0.5) is 5.82 Å². The van der Waals surface area contributed by atoms with Crippen molar-refractivity contribution in [3.63, 3.8) is 0 Å². The van der Waals surface area contributed by atoms with Gasteiger partial charge in [0.1, 0.15) is 5.82 Å². The summed E-state index contributed by atoms with van der Waals surface area (Å²) in [7, 11) is 0. The van der Waals surface area contributed by atoms with Crippen LogP contribution < -0.4 is 10.6 Å². The molecule has 0 saturated carbocycles. The van der Waals surface area contributed by atoms with Crippen molar-refractivity contribution in [2.45, 2.75) is 19.8 Å². The van der Waals surface area contributed by atoms with E-state index in [0.717, 1.165) is 30.4 Å². The van der Waals surface area contributed by atoms with Crippen LogP contribution in [-0.4, -0.2) is 29.8 Å². The van der Waals surface area contributed by atoms with E-state index in [2.05, 4.69) is 20.8 Å². The van der Waals surface area contributed by atoms with Gasteiger partial charge < -0.3 is 10.6 Å². The summed E-state index contributed by atoms with van der Waals surface area (Å²) in [6, 6.07) is 2.03. The molecule has 0 aliphatic carbocycles. The molecule has 1 unspecified atom stereocenters. The van der Waals surface area contributed by atoms with Crippen molar-refractivity contribution in [3.05, 3.63) is 17.8 Å². The van der Waals surface area contributed by atoms with Crippen LogP contribution in [0.2, 0.25) is 0 Å². The molecule has 0 radical (unpaired) electrons. The number of aromatic nitrogens is 2. The van der Waals surface area contributed by atoms with E-state index >= 15 is 0 Å². The zero-order valence-electron chi connectivity index (χ0n) is 9.16. The Morgan fingerprint density at radius 3 is 3.27 bits per heavy atom. The topological polar surface area (TPSA) is 49.8 Å². The lowest BCUT2D eigenvalue weighted by Crippen LogP contribution is -2.33. The molecule has 4 nitrogen and oxygen atoms in total. The Morgan fingerprint density at radius 2 is 2.53 bits per heavy atom. The number of hydrogen-bond donors (Lipinski definition) is 2. The summed E-state index contributed by atoms with van der Waals surface area (Å²) in [6.45, 7) is 5.31. The van der Waals surface area contributed by atoms with Crippen LogP contribution in [0.3, 0.4) is 0 Å². The molecule has 1 fully saturated rings. The van der Waals surface area contributed by atoms with Gasteiger partial charge in [-0.1, -0.05) is 0 Å². The second-order valence-electron chi connectivity index (χ2n) is 4.21. The van der Waals surface area contributed by atoms with E-state index in [9.17, 15) is 0 Å². The Balaban J connectivity index is 1.81. The molecule has 1 atom stereocenters. The molecule has 1 saturated heterocycles. The molecule has 2 N–H and O–H groups in total. The fraction of sp³-hybridized carbons (Fsp3) is 0.636. The molecule has 2 heterocycles. The molecule has 4 heteroatoms. The van der Waals surface area contributed by atoms with Crippen molar-refractivity contribution < 1.29 is 0 Å².